The lowest BCUT2D eigenvalue weighted by molar-refractivity contribution is 0.0239. The molecule has 2 aromatic heterocycles. The van der Waals surface area contributed by atoms with Crippen LogP contribution in [0.1, 0.15) is 28.8 Å². The molecule has 0 aliphatic heterocycles. The predicted octanol–water partition coefficient (Wildman–Crippen LogP) is 2.74. The second kappa shape index (κ2) is 7.22. The van der Waals surface area contributed by atoms with E-state index in [0.717, 1.165) is 30.2 Å². The van der Waals surface area contributed by atoms with Gasteiger partial charge in [-0.1, -0.05) is 18.2 Å². The van der Waals surface area contributed by atoms with Crippen LogP contribution in [0.25, 0.3) is 10.9 Å². The van der Waals surface area contributed by atoms with Gasteiger partial charge in [0.25, 0.3) is 5.91 Å². The maximum Gasteiger partial charge on any atom is 0.253 e. The van der Waals surface area contributed by atoms with E-state index in [0.29, 0.717) is 11.1 Å². The van der Waals surface area contributed by atoms with Crippen molar-refractivity contribution in [2.24, 2.45) is 5.92 Å². The van der Waals surface area contributed by atoms with E-state index in [1.165, 1.54) is 0 Å². The molecular formula is C21H21N3O2. The fraction of sp³-hybridized carbons (Fsp3) is 0.286. The summed E-state index contributed by atoms with van der Waals surface area (Å²) in [5, 5.41) is 13.8. The molecule has 1 aliphatic rings. The highest BCUT2D eigenvalue weighted by Gasteiger charge is 2.35. The minimum Gasteiger partial charge on any atom is -0.393 e. The van der Waals surface area contributed by atoms with Crippen LogP contribution in [-0.2, 0) is 6.42 Å². The van der Waals surface area contributed by atoms with E-state index in [9.17, 15) is 9.90 Å². The van der Waals surface area contributed by atoms with Crippen molar-refractivity contribution in [1.82, 2.24) is 15.3 Å². The summed E-state index contributed by atoms with van der Waals surface area (Å²) in [6, 6.07) is 13.4. The average Bonchev–Trinajstić information content (AvgIpc) is 2.65. The largest absolute Gasteiger partial charge is 0.393 e. The molecule has 4 rings (SSSR count). The van der Waals surface area contributed by atoms with E-state index in [1.54, 1.807) is 18.6 Å². The molecule has 1 amide bonds. The molecule has 5 nitrogen and oxygen atoms in total. The first kappa shape index (κ1) is 16.7. The Kier molecular flexibility index (Phi) is 4.63. The Hall–Kier alpha value is -2.79. The first-order chi connectivity index (χ1) is 12.7. The summed E-state index contributed by atoms with van der Waals surface area (Å²) in [6.45, 7) is 0. The number of aliphatic hydroxyl groups excluding tert-OH is 1. The lowest BCUT2D eigenvalue weighted by atomic mass is 9.75. The number of amides is 1. The summed E-state index contributed by atoms with van der Waals surface area (Å²) in [4.78, 5) is 21.4. The van der Waals surface area contributed by atoms with Crippen molar-refractivity contribution in [3.8, 4) is 0 Å². The van der Waals surface area contributed by atoms with Crippen LogP contribution in [0.5, 0.6) is 0 Å². The van der Waals surface area contributed by atoms with Gasteiger partial charge in [-0.05, 0) is 55.0 Å². The number of fused-ring (bicyclic) bond motifs is 1. The third kappa shape index (κ3) is 3.44. The number of rotatable bonds is 5. The van der Waals surface area contributed by atoms with Gasteiger partial charge in [-0.3, -0.25) is 14.8 Å². The number of hydrogen-bond donors (Lipinski definition) is 2. The van der Waals surface area contributed by atoms with Crippen molar-refractivity contribution in [2.75, 3.05) is 0 Å². The molecule has 0 bridgehead atoms. The lowest BCUT2D eigenvalue weighted by Gasteiger charge is -2.38. The fourth-order valence-electron chi connectivity index (χ4n) is 3.60. The molecule has 1 fully saturated rings. The molecule has 1 aliphatic carbocycles. The smallest absolute Gasteiger partial charge is 0.253 e. The van der Waals surface area contributed by atoms with Gasteiger partial charge in [-0.2, -0.15) is 0 Å². The van der Waals surface area contributed by atoms with Gasteiger partial charge in [0.15, 0.2) is 0 Å². The van der Waals surface area contributed by atoms with Crippen molar-refractivity contribution in [2.45, 2.75) is 31.4 Å². The highest BCUT2D eigenvalue weighted by Crippen LogP contribution is 2.32. The van der Waals surface area contributed by atoms with Gasteiger partial charge in [-0.15, -0.1) is 0 Å². The molecule has 132 valence electrons. The number of benzene rings is 1. The zero-order chi connectivity index (χ0) is 17.9. The molecule has 0 saturated heterocycles. The maximum atomic E-state index is 13.0. The Morgan fingerprint density at radius 1 is 1.12 bits per heavy atom. The van der Waals surface area contributed by atoms with Gasteiger partial charge >= 0.3 is 0 Å². The zero-order valence-electron chi connectivity index (χ0n) is 14.4. The number of aromatic nitrogens is 2. The SMILES string of the molecule is O=C(NC(Cc1ccncc1)C1CC(O)C1)c1cccc2cccnc12. The van der Waals surface area contributed by atoms with Crippen LogP contribution in [-0.4, -0.2) is 33.1 Å². The maximum absolute atomic E-state index is 13.0. The zero-order valence-corrected chi connectivity index (χ0v) is 14.4. The monoisotopic (exact) mass is 347 g/mol. The third-order valence-electron chi connectivity index (χ3n) is 5.12. The Morgan fingerprint density at radius 3 is 2.65 bits per heavy atom. The minimum atomic E-state index is -0.254. The highest BCUT2D eigenvalue weighted by molar-refractivity contribution is 6.05. The molecule has 5 heteroatoms. The van der Waals surface area contributed by atoms with Crippen molar-refractivity contribution >= 4 is 16.8 Å². The summed E-state index contributed by atoms with van der Waals surface area (Å²) < 4.78 is 0. The normalized spacial score (nSPS) is 20.3. The number of hydrogen-bond acceptors (Lipinski definition) is 4. The van der Waals surface area contributed by atoms with Crippen molar-refractivity contribution in [3.63, 3.8) is 0 Å². The molecule has 2 heterocycles. The molecule has 0 spiro atoms. The molecule has 1 saturated carbocycles. The van der Waals surface area contributed by atoms with Crippen LogP contribution >= 0.6 is 0 Å². The predicted molar refractivity (Wildman–Crippen MR) is 99.7 cm³/mol. The van der Waals surface area contributed by atoms with Crippen LogP contribution in [0.2, 0.25) is 0 Å². The van der Waals surface area contributed by atoms with Crippen molar-refractivity contribution in [1.29, 1.82) is 0 Å². The molecule has 1 aromatic carbocycles. The van der Waals surface area contributed by atoms with Crippen LogP contribution in [0.15, 0.2) is 61.1 Å². The summed E-state index contributed by atoms with van der Waals surface area (Å²) in [6.07, 6.45) is 7.15. The molecule has 0 radical (unpaired) electrons. The first-order valence-corrected chi connectivity index (χ1v) is 8.92. The molecule has 1 unspecified atom stereocenters. The molecular weight excluding hydrogens is 326 g/mol. The van der Waals surface area contributed by atoms with Crippen molar-refractivity contribution in [3.05, 3.63) is 72.2 Å². The van der Waals surface area contributed by atoms with E-state index in [2.05, 4.69) is 15.3 Å². The Morgan fingerprint density at radius 2 is 1.88 bits per heavy atom. The second-order valence-electron chi connectivity index (χ2n) is 6.91. The summed E-state index contributed by atoms with van der Waals surface area (Å²) >= 11 is 0. The number of aliphatic hydroxyl groups is 1. The number of carbonyl (C=O) groups excluding carboxylic acids is 1. The third-order valence-corrected chi connectivity index (χ3v) is 5.12. The van der Waals surface area contributed by atoms with E-state index in [1.807, 2.05) is 42.5 Å². The van der Waals surface area contributed by atoms with Crippen LogP contribution < -0.4 is 5.32 Å². The summed E-state index contributed by atoms with van der Waals surface area (Å²) in [7, 11) is 0. The summed E-state index contributed by atoms with van der Waals surface area (Å²) in [5.74, 6) is 0.166. The molecule has 1 atom stereocenters. The fourth-order valence-corrected chi connectivity index (χ4v) is 3.60. The van der Waals surface area contributed by atoms with E-state index in [4.69, 9.17) is 0 Å². The molecule has 3 aromatic rings. The van der Waals surface area contributed by atoms with Gasteiger partial charge in [0, 0.05) is 30.0 Å². The average molecular weight is 347 g/mol. The first-order valence-electron chi connectivity index (χ1n) is 8.92. The number of carbonyl (C=O) groups is 1. The topological polar surface area (TPSA) is 75.1 Å². The van der Waals surface area contributed by atoms with Gasteiger partial charge in [0.05, 0.1) is 17.2 Å². The Bertz CT molecular complexity index is 902. The molecule has 2 N–H and O–H groups in total. The highest BCUT2D eigenvalue weighted by atomic mass is 16.3. The van der Waals surface area contributed by atoms with E-state index >= 15 is 0 Å². The van der Waals surface area contributed by atoms with Crippen molar-refractivity contribution < 1.29 is 9.90 Å². The van der Waals surface area contributed by atoms with Gasteiger partial charge < -0.3 is 10.4 Å². The van der Waals surface area contributed by atoms with E-state index < -0.39 is 0 Å². The number of para-hydroxylation sites is 1. The van der Waals surface area contributed by atoms with Crippen LogP contribution in [0.4, 0.5) is 0 Å². The van der Waals surface area contributed by atoms with Gasteiger partial charge in [0.2, 0.25) is 0 Å². The van der Waals surface area contributed by atoms with E-state index in [-0.39, 0.29) is 24.0 Å². The Balaban J connectivity index is 1.57. The second-order valence-corrected chi connectivity index (χ2v) is 6.91. The standard InChI is InChI=1S/C21H21N3O2/c25-17-12-16(13-17)19(11-14-6-9-22-10-7-14)24-21(26)18-5-1-3-15-4-2-8-23-20(15)18/h1-10,16-17,19,25H,11-13H2,(H,24,26). The van der Waals surface area contributed by atoms with Gasteiger partial charge in [0.1, 0.15) is 0 Å². The Labute approximate surface area is 152 Å². The number of pyridine rings is 2. The molecule has 26 heavy (non-hydrogen) atoms. The minimum absolute atomic E-state index is 0.0210. The number of nitrogens with zero attached hydrogens (tertiary/aromatic N) is 2. The van der Waals surface area contributed by atoms with Gasteiger partial charge in [-0.25, -0.2) is 0 Å². The van der Waals surface area contributed by atoms with Crippen LogP contribution in [0, 0.1) is 5.92 Å². The quantitative estimate of drug-likeness (QED) is 0.744. The summed E-state index contributed by atoms with van der Waals surface area (Å²) in [5.41, 5.74) is 2.43. The van der Waals surface area contributed by atoms with Crippen LogP contribution in [0.3, 0.4) is 0 Å². The number of nitrogens with one attached hydrogen (secondary N) is 1. The lowest BCUT2D eigenvalue weighted by Crippen LogP contribution is -2.48.